The second kappa shape index (κ2) is 9.92. The molecule has 0 aliphatic heterocycles. The van der Waals surface area contributed by atoms with Crippen molar-refractivity contribution >= 4 is 31.8 Å². The van der Waals surface area contributed by atoms with Gasteiger partial charge in [-0.2, -0.15) is 16.8 Å². The van der Waals surface area contributed by atoms with E-state index in [1.807, 2.05) is 0 Å². The minimum atomic E-state index is -4.24. The average Bonchev–Trinajstić information content (AvgIpc) is 2.58. The fourth-order valence-electron chi connectivity index (χ4n) is 2.49. The first-order valence-electron chi connectivity index (χ1n) is 9.16. The van der Waals surface area contributed by atoms with Crippen LogP contribution in [0.2, 0.25) is 0 Å². The lowest BCUT2D eigenvalue weighted by atomic mass is 9.99. The normalized spacial score (nSPS) is 13.8. The fourth-order valence-corrected chi connectivity index (χ4v) is 3.27. The standard InChI is InChI=1S/C19H28O8S2/c1-14(28(22,23)24)4-9-17(20)12-15-5-7-16(8-6-15)13-18(21)10-11-19(2,3)29(25,26)27/h5-8,14H,4,9-13H2,1-3H3,(H,22,23,24)(H,25,26,27). The van der Waals surface area contributed by atoms with Crippen molar-refractivity contribution in [1.29, 1.82) is 0 Å². The summed E-state index contributed by atoms with van der Waals surface area (Å²) in [6, 6.07) is 6.81. The van der Waals surface area contributed by atoms with E-state index in [-0.39, 0.29) is 50.1 Å². The Morgan fingerprint density at radius 2 is 1.31 bits per heavy atom. The monoisotopic (exact) mass is 448 g/mol. The molecule has 1 rings (SSSR count). The molecule has 0 radical (unpaired) electrons. The molecule has 0 spiro atoms. The fraction of sp³-hybridized carbons (Fsp3) is 0.579. The molecule has 0 heterocycles. The summed E-state index contributed by atoms with van der Waals surface area (Å²) < 4.78 is 61.1. The molecule has 8 nitrogen and oxygen atoms in total. The Morgan fingerprint density at radius 3 is 1.69 bits per heavy atom. The number of Topliss-reactive ketones (excluding diaryl/α,β-unsaturated/α-hetero) is 2. The minimum Gasteiger partial charge on any atom is -0.299 e. The molecule has 1 unspecified atom stereocenters. The highest BCUT2D eigenvalue weighted by molar-refractivity contribution is 7.87. The molecule has 1 aromatic carbocycles. The van der Waals surface area contributed by atoms with Crippen LogP contribution in [-0.2, 0) is 42.7 Å². The molecule has 1 aromatic rings. The summed E-state index contributed by atoms with van der Waals surface area (Å²) in [6.45, 7) is 4.06. The van der Waals surface area contributed by atoms with Crippen LogP contribution in [0.25, 0.3) is 0 Å². The summed E-state index contributed by atoms with van der Waals surface area (Å²) in [7, 11) is -8.38. The molecule has 0 aromatic heterocycles. The van der Waals surface area contributed by atoms with Crippen molar-refractivity contribution in [2.45, 2.75) is 69.3 Å². The van der Waals surface area contributed by atoms with E-state index in [1.54, 1.807) is 24.3 Å². The Kier molecular flexibility index (Phi) is 8.70. The van der Waals surface area contributed by atoms with Gasteiger partial charge in [-0.05, 0) is 44.7 Å². The highest BCUT2D eigenvalue weighted by Crippen LogP contribution is 2.22. The van der Waals surface area contributed by atoms with Crippen LogP contribution in [0.1, 0.15) is 57.6 Å². The number of rotatable bonds is 12. The van der Waals surface area contributed by atoms with Gasteiger partial charge < -0.3 is 0 Å². The van der Waals surface area contributed by atoms with E-state index in [9.17, 15) is 26.4 Å². The second-order valence-electron chi connectivity index (χ2n) is 7.85. The minimum absolute atomic E-state index is 0.0129. The summed E-state index contributed by atoms with van der Waals surface area (Å²) in [5.74, 6) is -0.318. The van der Waals surface area contributed by atoms with Crippen LogP contribution in [0, 0.1) is 0 Å². The van der Waals surface area contributed by atoms with Gasteiger partial charge in [-0.15, -0.1) is 0 Å². The summed E-state index contributed by atoms with van der Waals surface area (Å²) >= 11 is 0. The zero-order chi connectivity index (χ0) is 22.5. The first-order chi connectivity index (χ1) is 13.1. The number of carbonyl (C=O) groups is 2. The third-order valence-corrected chi connectivity index (χ3v) is 7.72. The van der Waals surface area contributed by atoms with E-state index in [4.69, 9.17) is 9.11 Å². The molecule has 29 heavy (non-hydrogen) atoms. The van der Waals surface area contributed by atoms with Crippen LogP contribution in [0.3, 0.4) is 0 Å². The van der Waals surface area contributed by atoms with Crippen LogP contribution in [-0.4, -0.2) is 47.5 Å². The average molecular weight is 449 g/mol. The topological polar surface area (TPSA) is 143 Å². The van der Waals surface area contributed by atoms with Crippen LogP contribution in [0.4, 0.5) is 0 Å². The Balaban J connectivity index is 2.53. The van der Waals surface area contributed by atoms with Crippen molar-refractivity contribution in [3.63, 3.8) is 0 Å². The van der Waals surface area contributed by atoms with Crippen molar-refractivity contribution in [1.82, 2.24) is 0 Å². The second-order valence-corrected chi connectivity index (χ2v) is 11.7. The van der Waals surface area contributed by atoms with Gasteiger partial charge in [-0.25, -0.2) is 0 Å². The summed E-state index contributed by atoms with van der Waals surface area (Å²) in [5, 5.41) is -0.995. The van der Waals surface area contributed by atoms with Gasteiger partial charge in [0.25, 0.3) is 20.2 Å². The lowest BCUT2D eigenvalue weighted by Crippen LogP contribution is -2.32. The first kappa shape index (κ1) is 25.4. The van der Waals surface area contributed by atoms with Gasteiger partial charge >= 0.3 is 0 Å². The summed E-state index contributed by atoms with van der Waals surface area (Å²) in [5.41, 5.74) is 1.44. The number of carbonyl (C=O) groups excluding carboxylic acids is 2. The van der Waals surface area contributed by atoms with Gasteiger partial charge in [0.2, 0.25) is 0 Å². The molecular weight excluding hydrogens is 420 g/mol. The smallest absolute Gasteiger partial charge is 0.270 e. The Morgan fingerprint density at radius 1 is 0.897 bits per heavy atom. The van der Waals surface area contributed by atoms with E-state index < -0.39 is 30.2 Å². The van der Waals surface area contributed by atoms with Crippen LogP contribution >= 0.6 is 0 Å². The van der Waals surface area contributed by atoms with Gasteiger partial charge in [0.05, 0.1) is 10.00 Å². The molecular formula is C19H28O8S2. The highest BCUT2D eigenvalue weighted by atomic mass is 32.2. The molecule has 0 bridgehead atoms. The number of ketones is 2. The van der Waals surface area contributed by atoms with Gasteiger partial charge in [-0.3, -0.25) is 18.7 Å². The quantitative estimate of drug-likeness (QED) is 0.464. The maximum Gasteiger partial charge on any atom is 0.270 e. The van der Waals surface area contributed by atoms with Gasteiger partial charge in [0.1, 0.15) is 11.6 Å². The molecule has 0 saturated carbocycles. The first-order valence-corrected chi connectivity index (χ1v) is 12.1. The van der Waals surface area contributed by atoms with Crippen LogP contribution in [0.5, 0.6) is 0 Å². The molecule has 0 aliphatic carbocycles. The van der Waals surface area contributed by atoms with Crippen molar-refractivity contribution in [3.8, 4) is 0 Å². The Hall–Kier alpha value is -1.62. The molecule has 1 atom stereocenters. The highest BCUT2D eigenvalue weighted by Gasteiger charge is 2.32. The van der Waals surface area contributed by atoms with E-state index in [0.29, 0.717) is 0 Å². The Labute approximate surface area is 172 Å². The van der Waals surface area contributed by atoms with E-state index >= 15 is 0 Å². The lowest BCUT2D eigenvalue weighted by Gasteiger charge is -2.20. The number of hydrogen-bond donors (Lipinski definition) is 2. The zero-order valence-electron chi connectivity index (χ0n) is 16.8. The maximum atomic E-state index is 12.1. The van der Waals surface area contributed by atoms with E-state index in [0.717, 1.165) is 11.1 Å². The van der Waals surface area contributed by atoms with Crippen LogP contribution in [0.15, 0.2) is 24.3 Å². The third kappa shape index (κ3) is 8.73. The number of hydrogen-bond acceptors (Lipinski definition) is 6. The molecule has 0 fully saturated rings. The third-order valence-electron chi connectivity index (χ3n) is 4.87. The van der Waals surface area contributed by atoms with E-state index in [1.165, 1.54) is 20.8 Å². The van der Waals surface area contributed by atoms with Crippen LogP contribution < -0.4 is 0 Å². The zero-order valence-corrected chi connectivity index (χ0v) is 18.4. The largest absolute Gasteiger partial charge is 0.299 e. The number of benzene rings is 1. The molecule has 164 valence electrons. The molecule has 0 amide bonds. The maximum absolute atomic E-state index is 12.1. The Bertz CT molecular complexity index is 929. The lowest BCUT2D eigenvalue weighted by molar-refractivity contribution is -0.119. The summed E-state index contributed by atoms with van der Waals surface area (Å²) in [4.78, 5) is 24.0. The predicted molar refractivity (Wildman–Crippen MR) is 109 cm³/mol. The van der Waals surface area contributed by atoms with Crippen molar-refractivity contribution in [2.24, 2.45) is 0 Å². The van der Waals surface area contributed by atoms with Crippen molar-refractivity contribution in [3.05, 3.63) is 35.4 Å². The molecule has 2 N–H and O–H groups in total. The summed E-state index contributed by atoms with van der Waals surface area (Å²) in [6.07, 6.45) is 0.337. The molecule has 0 aliphatic rings. The van der Waals surface area contributed by atoms with E-state index in [2.05, 4.69) is 0 Å². The van der Waals surface area contributed by atoms with Crippen molar-refractivity contribution < 1.29 is 35.5 Å². The molecule has 0 saturated heterocycles. The molecule has 10 heteroatoms. The predicted octanol–water partition coefficient (Wildman–Crippen LogP) is 2.41. The van der Waals surface area contributed by atoms with Crippen molar-refractivity contribution in [2.75, 3.05) is 0 Å². The van der Waals surface area contributed by atoms with Gasteiger partial charge in [0.15, 0.2) is 0 Å². The SMILES string of the molecule is CC(CCC(=O)Cc1ccc(CC(=O)CCC(C)(C)S(=O)(=O)O)cc1)S(=O)(=O)O. The van der Waals surface area contributed by atoms with Gasteiger partial charge in [-0.1, -0.05) is 24.3 Å². The van der Waals surface area contributed by atoms with Gasteiger partial charge in [0, 0.05) is 25.7 Å².